The van der Waals surface area contributed by atoms with Gasteiger partial charge in [0.2, 0.25) is 0 Å². The van der Waals surface area contributed by atoms with Crippen molar-refractivity contribution in [3.05, 3.63) is 41.1 Å². The summed E-state index contributed by atoms with van der Waals surface area (Å²) in [5, 5.41) is 7.91. The van der Waals surface area contributed by atoms with Crippen molar-refractivity contribution in [1.29, 1.82) is 0 Å². The first-order valence-corrected chi connectivity index (χ1v) is 5.55. The second-order valence-electron chi connectivity index (χ2n) is 4.28. The number of nitrogens with one attached hydrogen (secondary N) is 1. The molecule has 1 unspecified atom stereocenters. The topological polar surface area (TPSA) is 43.0 Å². The Labute approximate surface area is 94.3 Å². The van der Waals surface area contributed by atoms with Crippen molar-refractivity contribution in [2.24, 2.45) is 7.05 Å². The molecular weight excluding hydrogens is 202 g/mol. The highest BCUT2D eigenvalue weighted by Crippen LogP contribution is 2.30. The molecule has 0 aliphatic carbocycles. The van der Waals surface area contributed by atoms with Gasteiger partial charge in [0.25, 0.3) is 0 Å². The quantitative estimate of drug-likeness (QED) is 0.788. The Morgan fingerprint density at radius 2 is 2.38 bits per heavy atom. The zero-order chi connectivity index (χ0) is 11.1. The molecule has 84 valence electrons. The Hall–Kier alpha value is -1.55. The molecule has 0 radical (unpaired) electrons. The summed E-state index contributed by atoms with van der Waals surface area (Å²) in [6.45, 7) is 3.00. The lowest BCUT2D eigenvalue weighted by Crippen LogP contribution is -2.29. The summed E-state index contributed by atoms with van der Waals surface area (Å²) < 4.78 is 7.35. The standard InChI is InChI=1S/C12H15N3O/c1-8-10(7-15(2)14-8)12-9-4-6-16-11(9)3-5-13-12/h4,6-7,12-13H,3,5H2,1-2H3. The molecule has 2 aromatic rings. The van der Waals surface area contributed by atoms with Crippen LogP contribution in [0.1, 0.15) is 28.6 Å². The minimum atomic E-state index is 0.233. The SMILES string of the molecule is Cc1nn(C)cc1C1NCCc2occc21. The molecule has 0 bridgehead atoms. The second kappa shape index (κ2) is 3.49. The fraction of sp³-hybridized carbons (Fsp3) is 0.417. The molecule has 4 heteroatoms. The predicted molar refractivity (Wildman–Crippen MR) is 60.2 cm³/mol. The van der Waals surface area contributed by atoms with Crippen molar-refractivity contribution in [2.75, 3.05) is 6.54 Å². The van der Waals surface area contributed by atoms with E-state index in [-0.39, 0.29) is 6.04 Å². The molecule has 3 rings (SSSR count). The molecule has 1 aliphatic rings. The molecule has 3 heterocycles. The van der Waals surface area contributed by atoms with Crippen LogP contribution in [0.3, 0.4) is 0 Å². The molecule has 0 amide bonds. The molecule has 0 saturated carbocycles. The monoisotopic (exact) mass is 217 g/mol. The largest absolute Gasteiger partial charge is 0.469 e. The third-order valence-electron chi connectivity index (χ3n) is 3.15. The zero-order valence-electron chi connectivity index (χ0n) is 9.53. The number of furan rings is 1. The van der Waals surface area contributed by atoms with Crippen LogP contribution in [0.15, 0.2) is 22.9 Å². The van der Waals surface area contributed by atoms with Gasteiger partial charge in [-0.1, -0.05) is 0 Å². The number of hydrogen-bond acceptors (Lipinski definition) is 3. The minimum Gasteiger partial charge on any atom is -0.469 e. The van der Waals surface area contributed by atoms with Gasteiger partial charge in [0.15, 0.2) is 0 Å². The first-order valence-electron chi connectivity index (χ1n) is 5.55. The van der Waals surface area contributed by atoms with Crippen molar-refractivity contribution in [3.63, 3.8) is 0 Å². The summed E-state index contributed by atoms with van der Waals surface area (Å²) in [6.07, 6.45) is 4.82. The first kappa shape index (κ1) is 9.66. The maximum absolute atomic E-state index is 5.49. The number of aromatic nitrogens is 2. The van der Waals surface area contributed by atoms with Crippen molar-refractivity contribution >= 4 is 0 Å². The Balaban J connectivity index is 2.07. The maximum Gasteiger partial charge on any atom is 0.110 e. The van der Waals surface area contributed by atoms with Gasteiger partial charge in [0, 0.05) is 37.3 Å². The van der Waals surface area contributed by atoms with Crippen molar-refractivity contribution in [3.8, 4) is 0 Å². The zero-order valence-corrected chi connectivity index (χ0v) is 9.53. The summed E-state index contributed by atoms with van der Waals surface area (Å²) in [5.41, 5.74) is 3.57. The van der Waals surface area contributed by atoms with Crippen LogP contribution in [0, 0.1) is 6.92 Å². The molecular formula is C12H15N3O. The number of nitrogens with zero attached hydrogens (tertiary/aromatic N) is 2. The summed E-state index contributed by atoms with van der Waals surface area (Å²) in [6, 6.07) is 2.29. The summed E-state index contributed by atoms with van der Waals surface area (Å²) in [7, 11) is 1.95. The fourth-order valence-corrected chi connectivity index (χ4v) is 2.43. The molecule has 0 spiro atoms. The lowest BCUT2D eigenvalue weighted by Gasteiger charge is -2.22. The number of fused-ring (bicyclic) bond motifs is 1. The average molecular weight is 217 g/mol. The van der Waals surface area contributed by atoms with E-state index in [4.69, 9.17) is 4.42 Å². The molecule has 1 aliphatic heterocycles. The number of aryl methyl sites for hydroxylation is 2. The lowest BCUT2D eigenvalue weighted by molar-refractivity contribution is 0.455. The average Bonchev–Trinajstić information content (AvgIpc) is 2.84. The van der Waals surface area contributed by atoms with Gasteiger partial charge in [-0.2, -0.15) is 5.10 Å². The van der Waals surface area contributed by atoms with E-state index in [0.717, 1.165) is 24.4 Å². The third kappa shape index (κ3) is 1.38. The van der Waals surface area contributed by atoms with Crippen LogP contribution >= 0.6 is 0 Å². The van der Waals surface area contributed by atoms with Crippen molar-refractivity contribution in [1.82, 2.24) is 15.1 Å². The van der Waals surface area contributed by atoms with Crippen molar-refractivity contribution in [2.45, 2.75) is 19.4 Å². The second-order valence-corrected chi connectivity index (χ2v) is 4.28. The molecule has 1 N–H and O–H groups in total. The van der Waals surface area contributed by atoms with E-state index in [0.29, 0.717) is 0 Å². The number of rotatable bonds is 1. The van der Waals surface area contributed by atoms with Crippen LogP contribution in [0.25, 0.3) is 0 Å². The van der Waals surface area contributed by atoms with E-state index in [1.54, 1.807) is 6.26 Å². The number of hydrogen-bond donors (Lipinski definition) is 1. The van der Waals surface area contributed by atoms with Crippen LogP contribution < -0.4 is 5.32 Å². The lowest BCUT2D eigenvalue weighted by atomic mass is 9.96. The normalized spacial score (nSPS) is 19.8. The first-order chi connectivity index (χ1) is 7.75. The highest BCUT2D eigenvalue weighted by atomic mass is 16.3. The van der Waals surface area contributed by atoms with E-state index in [9.17, 15) is 0 Å². The van der Waals surface area contributed by atoms with Gasteiger partial charge in [-0.25, -0.2) is 0 Å². The maximum atomic E-state index is 5.49. The molecule has 1 atom stereocenters. The van der Waals surface area contributed by atoms with E-state index < -0.39 is 0 Å². The van der Waals surface area contributed by atoms with E-state index in [2.05, 4.69) is 22.7 Å². The summed E-state index contributed by atoms with van der Waals surface area (Å²) in [5.74, 6) is 1.10. The van der Waals surface area contributed by atoms with Gasteiger partial charge in [0.1, 0.15) is 5.76 Å². The highest BCUT2D eigenvalue weighted by molar-refractivity contribution is 5.36. The summed E-state index contributed by atoms with van der Waals surface area (Å²) >= 11 is 0. The highest BCUT2D eigenvalue weighted by Gasteiger charge is 2.25. The van der Waals surface area contributed by atoms with Gasteiger partial charge in [-0.15, -0.1) is 0 Å². The van der Waals surface area contributed by atoms with Gasteiger partial charge < -0.3 is 9.73 Å². The smallest absolute Gasteiger partial charge is 0.110 e. The van der Waals surface area contributed by atoms with Crippen LogP contribution in [0.5, 0.6) is 0 Å². The van der Waals surface area contributed by atoms with E-state index >= 15 is 0 Å². The van der Waals surface area contributed by atoms with Crippen LogP contribution in [0.2, 0.25) is 0 Å². The minimum absolute atomic E-state index is 0.233. The van der Waals surface area contributed by atoms with Crippen LogP contribution in [-0.2, 0) is 13.5 Å². The molecule has 0 aromatic carbocycles. The fourth-order valence-electron chi connectivity index (χ4n) is 2.43. The molecule has 16 heavy (non-hydrogen) atoms. The van der Waals surface area contributed by atoms with Gasteiger partial charge in [-0.05, 0) is 13.0 Å². The van der Waals surface area contributed by atoms with Crippen LogP contribution in [0.4, 0.5) is 0 Å². The van der Waals surface area contributed by atoms with Crippen LogP contribution in [-0.4, -0.2) is 16.3 Å². The van der Waals surface area contributed by atoms with Gasteiger partial charge in [0.05, 0.1) is 18.0 Å². The Morgan fingerprint density at radius 1 is 1.50 bits per heavy atom. The van der Waals surface area contributed by atoms with Crippen molar-refractivity contribution < 1.29 is 4.42 Å². The van der Waals surface area contributed by atoms with Gasteiger partial charge in [-0.3, -0.25) is 4.68 Å². The van der Waals surface area contributed by atoms with E-state index in [1.807, 2.05) is 18.7 Å². The summed E-state index contributed by atoms with van der Waals surface area (Å²) in [4.78, 5) is 0. The Morgan fingerprint density at radius 3 is 3.12 bits per heavy atom. The third-order valence-corrected chi connectivity index (χ3v) is 3.15. The van der Waals surface area contributed by atoms with Gasteiger partial charge >= 0.3 is 0 Å². The molecule has 0 fully saturated rings. The predicted octanol–water partition coefficient (Wildman–Crippen LogP) is 1.56. The molecule has 0 saturated heterocycles. The Kier molecular flexibility index (Phi) is 2.11. The molecule has 2 aromatic heterocycles. The Bertz CT molecular complexity index is 512. The van der Waals surface area contributed by atoms with E-state index in [1.165, 1.54) is 11.1 Å². The molecule has 4 nitrogen and oxygen atoms in total.